The van der Waals surface area contributed by atoms with E-state index in [1.165, 1.54) is 0 Å². The van der Waals surface area contributed by atoms with Crippen molar-refractivity contribution in [2.24, 2.45) is 0 Å². The maximum absolute atomic E-state index is 12.5. The largest absolute Gasteiger partial charge is 0.444 e. The molecule has 136 valence electrons. The van der Waals surface area contributed by atoms with Gasteiger partial charge in [-0.2, -0.15) is 0 Å². The highest BCUT2D eigenvalue weighted by molar-refractivity contribution is 5.84. The second kappa shape index (κ2) is 6.26. The Balaban J connectivity index is 2.12. The number of ketones is 1. The highest BCUT2D eigenvalue weighted by Gasteiger charge is 2.46. The highest BCUT2D eigenvalue weighted by atomic mass is 16.6. The van der Waals surface area contributed by atoms with Crippen molar-refractivity contribution in [3.05, 3.63) is 0 Å². The Kier molecular flexibility index (Phi) is 4.84. The summed E-state index contributed by atoms with van der Waals surface area (Å²) in [5.74, 6) is 0.119. The number of likely N-dealkylation sites (tertiary alicyclic amines) is 1. The zero-order chi connectivity index (χ0) is 18.3. The van der Waals surface area contributed by atoms with Crippen LogP contribution in [-0.2, 0) is 14.3 Å². The number of rotatable bonds is 0. The van der Waals surface area contributed by atoms with Crippen molar-refractivity contribution in [2.45, 2.75) is 77.7 Å². The van der Waals surface area contributed by atoms with Crippen LogP contribution in [0.2, 0.25) is 0 Å². The number of carbonyl (C=O) groups excluding carboxylic acids is 3. The van der Waals surface area contributed by atoms with Gasteiger partial charge in [-0.05, 0) is 41.5 Å². The molecule has 2 atom stereocenters. The van der Waals surface area contributed by atoms with Gasteiger partial charge in [-0.3, -0.25) is 9.69 Å². The first-order valence-electron chi connectivity index (χ1n) is 8.37. The smallest absolute Gasteiger partial charge is 0.410 e. The summed E-state index contributed by atoms with van der Waals surface area (Å²) >= 11 is 0. The summed E-state index contributed by atoms with van der Waals surface area (Å²) in [4.78, 5) is 40.0. The predicted molar refractivity (Wildman–Crippen MR) is 87.7 cm³/mol. The monoisotopic (exact) mass is 340 g/mol. The van der Waals surface area contributed by atoms with Crippen molar-refractivity contribution in [2.75, 3.05) is 13.1 Å². The summed E-state index contributed by atoms with van der Waals surface area (Å²) < 4.78 is 10.9. The van der Waals surface area contributed by atoms with Crippen LogP contribution < -0.4 is 0 Å². The lowest BCUT2D eigenvalue weighted by Crippen LogP contribution is -2.65. The molecule has 0 aromatic heterocycles. The fourth-order valence-electron chi connectivity index (χ4n) is 3.08. The van der Waals surface area contributed by atoms with Crippen LogP contribution in [0.3, 0.4) is 0 Å². The molecule has 7 nitrogen and oxygen atoms in total. The Bertz CT molecular complexity index is 514. The van der Waals surface area contributed by atoms with Crippen molar-refractivity contribution in [1.82, 2.24) is 9.80 Å². The fourth-order valence-corrected chi connectivity index (χ4v) is 3.08. The second-order valence-electron chi connectivity index (χ2n) is 8.53. The van der Waals surface area contributed by atoms with E-state index in [4.69, 9.17) is 9.47 Å². The maximum Gasteiger partial charge on any atom is 0.410 e. The first-order chi connectivity index (χ1) is 10.9. The van der Waals surface area contributed by atoms with E-state index < -0.39 is 23.4 Å². The normalized spacial score (nSPS) is 24.7. The topological polar surface area (TPSA) is 76.2 Å². The Morgan fingerprint density at radius 2 is 1.29 bits per heavy atom. The Labute approximate surface area is 143 Å². The lowest BCUT2D eigenvalue weighted by molar-refractivity contribution is -0.128. The minimum atomic E-state index is -0.600. The SMILES string of the molecule is CC(C)(C)OC(=O)N1CC2CC(=O)CC(C1)N2C(=O)OC(C)(C)C. The second-order valence-corrected chi connectivity index (χ2v) is 8.53. The molecular formula is C17H28N2O5. The summed E-state index contributed by atoms with van der Waals surface area (Å²) in [7, 11) is 0. The van der Waals surface area contributed by atoms with Gasteiger partial charge in [0.25, 0.3) is 0 Å². The summed E-state index contributed by atoms with van der Waals surface area (Å²) in [6.45, 7) is 11.4. The minimum Gasteiger partial charge on any atom is -0.444 e. The number of carbonyl (C=O) groups is 3. The fraction of sp³-hybridized carbons (Fsp3) is 0.824. The third-order valence-electron chi connectivity index (χ3n) is 3.83. The molecule has 0 aliphatic carbocycles. The number of piperazine rings is 1. The Morgan fingerprint density at radius 3 is 1.71 bits per heavy atom. The summed E-state index contributed by atoms with van der Waals surface area (Å²) in [6.07, 6.45) is -0.339. The average molecular weight is 340 g/mol. The molecule has 2 aliphatic heterocycles. The molecule has 0 saturated carbocycles. The molecule has 2 fully saturated rings. The van der Waals surface area contributed by atoms with E-state index in [0.717, 1.165) is 0 Å². The summed E-state index contributed by atoms with van der Waals surface area (Å²) in [5, 5.41) is 0. The Morgan fingerprint density at radius 1 is 0.875 bits per heavy atom. The van der Waals surface area contributed by atoms with Crippen LogP contribution in [0.1, 0.15) is 54.4 Å². The molecule has 2 saturated heterocycles. The lowest BCUT2D eigenvalue weighted by atomic mass is 9.91. The molecule has 7 heteroatoms. The molecule has 2 bridgehead atoms. The van der Waals surface area contributed by atoms with E-state index in [9.17, 15) is 14.4 Å². The van der Waals surface area contributed by atoms with Gasteiger partial charge in [-0.25, -0.2) is 9.59 Å². The van der Waals surface area contributed by atoms with Crippen molar-refractivity contribution >= 4 is 18.0 Å². The zero-order valence-electron chi connectivity index (χ0n) is 15.4. The van der Waals surface area contributed by atoms with E-state index in [1.807, 2.05) is 41.5 Å². The third-order valence-corrected chi connectivity index (χ3v) is 3.83. The van der Waals surface area contributed by atoms with Gasteiger partial charge in [-0.1, -0.05) is 0 Å². The molecule has 0 spiro atoms. The number of piperidine rings is 1. The van der Waals surface area contributed by atoms with E-state index in [1.54, 1.807) is 9.80 Å². The first-order valence-corrected chi connectivity index (χ1v) is 8.37. The standard InChI is InChI=1S/C17H28N2O5/c1-16(2,3)23-14(21)18-9-11-7-13(20)8-12(10-18)19(11)15(22)24-17(4,5)6/h11-12H,7-10H2,1-6H3. The van der Waals surface area contributed by atoms with Gasteiger partial charge in [0.2, 0.25) is 0 Å². The van der Waals surface area contributed by atoms with Gasteiger partial charge < -0.3 is 14.4 Å². The molecule has 0 aromatic carbocycles. The van der Waals surface area contributed by atoms with E-state index in [0.29, 0.717) is 0 Å². The number of hydrogen-bond donors (Lipinski definition) is 0. The molecule has 2 unspecified atom stereocenters. The van der Waals surface area contributed by atoms with E-state index in [2.05, 4.69) is 0 Å². The highest BCUT2D eigenvalue weighted by Crippen LogP contribution is 2.29. The van der Waals surface area contributed by atoms with Crippen LogP contribution in [-0.4, -0.2) is 64.1 Å². The van der Waals surface area contributed by atoms with Crippen LogP contribution in [0, 0.1) is 0 Å². The van der Waals surface area contributed by atoms with Gasteiger partial charge in [-0.15, -0.1) is 0 Å². The molecule has 0 aromatic rings. The maximum atomic E-state index is 12.5. The molecule has 2 rings (SSSR count). The molecule has 2 heterocycles. The van der Waals surface area contributed by atoms with Crippen LogP contribution in [0.15, 0.2) is 0 Å². The van der Waals surface area contributed by atoms with Crippen LogP contribution in [0.5, 0.6) is 0 Å². The number of ether oxygens (including phenoxy) is 2. The van der Waals surface area contributed by atoms with Crippen LogP contribution in [0.4, 0.5) is 9.59 Å². The number of fused-ring (bicyclic) bond motifs is 2. The Hall–Kier alpha value is -1.79. The summed E-state index contributed by atoms with van der Waals surface area (Å²) in [6, 6.07) is -0.709. The molecule has 2 aliphatic rings. The van der Waals surface area contributed by atoms with Crippen molar-refractivity contribution in [3.63, 3.8) is 0 Å². The minimum absolute atomic E-state index is 0.119. The number of hydrogen-bond acceptors (Lipinski definition) is 5. The molecule has 2 amide bonds. The van der Waals surface area contributed by atoms with Crippen LogP contribution >= 0.6 is 0 Å². The predicted octanol–water partition coefficient (Wildman–Crippen LogP) is 2.57. The number of nitrogens with zero attached hydrogens (tertiary/aromatic N) is 2. The van der Waals surface area contributed by atoms with E-state index >= 15 is 0 Å². The summed E-state index contributed by atoms with van der Waals surface area (Å²) in [5.41, 5.74) is -1.18. The van der Waals surface area contributed by atoms with Crippen molar-refractivity contribution in [1.29, 1.82) is 0 Å². The van der Waals surface area contributed by atoms with Crippen LogP contribution in [0.25, 0.3) is 0 Å². The molecule has 0 N–H and O–H groups in total. The van der Waals surface area contributed by atoms with Gasteiger partial charge in [0.1, 0.15) is 17.0 Å². The average Bonchev–Trinajstić information content (AvgIpc) is 2.32. The number of Topliss-reactive ketones (excluding diaryl/α,β-unsaturated/α-hetero) is 1. The number of amides is 2. The molecule has 0 radical (unpaired) electrons. The third kappa shape index (κ3) is 4.61. The quantitative estimate of drug-likeness (QED) is 0.677. The molecule has 24 heavy (non-hydrogen) atoms. The van der Waals surface area contributed by atoms with Gasteiger partial charge >= 0.3 is 12.2 Å². The zero-order valence-corrected chi connectivity index (χ0v) is 15.4. The molecular weight excluding hydrogens is 312 g/mol. The van der Waals surface area contributed by atoms with E-state index in [-0.39, 0.29) is 43.8 Å². The van der Waals surface area contributed by atoms with Crippen molar-refractivity contribution < 1.29 is 23.9 Å². The van der Waals surface area contributed by atoms with Crippen molar-refractivity contribution in [3.8, 4) is 0 Å². The van der Waals surface area contributed by atoms with Gasteiger partial charge in [0.15, 0.2) is 0 Å². The lowest BCUT2D eigenvalue weighted by Gasteiger charge is -2.49. The first kappa shape index (κ1) is 18.5. The van der Waals surface area contributed by atoms with Gasteiger partial charge in [0.05, 0.1) is 12.1 Å². The van der Waals surface area contributed by atoms with Gasteiger partial charge in [0, 0.05) is 25.9 Å².